The molecule has 2 heterocycles. The Morgan fingerprint density at radius 3 is 2.55 bits per heavy atom. The highest BCUT2D eigenvalue weighted by Crippen LogP contribution is 2.26. The van der Waals surface area contributed by atoms with Gasteiger partial charge in [-0.2, -0.15) is 5.10 Å². The minimum atomic E-state index is -0.457. The highest BCUT2D eigenvalue weighted by Gasteiger charge is 2.35. The van der Waals surface area contributed by atoms with Crippen molar-refractivity contribution in [3.05, 3.63) is 72.3 Å². The molecular weight excluding hydrogens is 422 g/mol. The van der Waals surface area contributed by atoms with Crippen LogP contribution < -0.4 is 10.2 Å². The van der Waals surface area contributed by atoms with Gasteiger partial charge in [0.05, 0.1) is 24.6 Å². The van der Waals surface area contributed by atoms with E-state index in [0.717, 1.165) is 12.0 Å². The average Bonchev–Trinajstić information content (AvgIpc) is 3.48. The van der Waals surface area contributed by atoms with Gasteiger partial charge in [0, 0.05) is 24.3 Å². The fourth-order valence-corrected chi connectivity index (χ4v) is 3.63. The lowest BCUT2D eigenvalue weighted by molar-refractivity contribution is -0.122. The fourth-order valence-electron chi connectivity index (χ4n) is 3.63. The van der Waals surface area contributed by atoms with Gasteiger partial charge in [0.25, 0.3) is 0 Å². The van der Waals surface area contributed by atoms with Crippen LogP contribution in [0.15, 0.2) is 61.2 Å². The second-order valence-electron chi connectivity index (χ2n) is 7.87. The number of carbonyl (C=O) groups excluding carboxylic acids is 3. The van der Waals surface area contributed by atoms with Crippen LogP contribution in [0.25, 0.3) is 0 Å². The zero-order valence-corrected chi connectivity index (χ0v) is 18.3. The predicted molar refractivity (Wildman–Crippen MR) is 122 cm³/mol. The normalized spacial score (nSPS) is 15.5. The Hall–Kier alpha value is -4.01. The quantitative estimate of drug-likeness (QED) is 0.532. The molecular formula is C24H25N5O4. The number of aromatic nitrogens is 3. The smallest absolute Gasteiger partial charge is 0.338 e. The van der Waals surface area contributed by atoms with Gasteiger partial charge in [-0.25, -0.2) is 14.5 Å². The molecule has 0 saturated carbocycles. The van der Waals surface area contributed by atoms with Crippen molar-refractivity contribution in [2.24, 2.45) is 5.92 Å². The van der Waals surface area contributed by atoms with Crippen molar-refractivity contribution in [1.82, 2.24) is 14.8 Å². The molecule has 170 valence electrons. The van der Waals surface area contributed by atoms with Crippen molar-refractivity contribution >= 4 is 29.2 Å². The van der Waals surface area contributed by atoms with Crippen LogP contribution in [-0.2, 0) is 20.9 Å². The van der Waals surface area contributed by atoms with Crippen LogP contribution in [-0.4, -0.2) is 45.7 Å². The molecule has 1 N–H and O–H groups in total. The average molecular weight is 447 g/mol. The summed E-state index contributed by atoms with van der Waals surface area (Å²) in [7, 11) is 0. The Morgan fingerprint density at radius 2 is 1.88 bits per heavy atom. The maximum Gasteiger partial charge on any atom is 0.338 e. The molecule has 2 amide bonds. The zero-order chi connectivity index (χ0) is 23.2. The number of benzene rings is 2. The van der Waals surface area contributed by atoms with Crippen LogP contribution in [0.4, 0.5) is 11.4 Å². The summed E-state index contributed by atoms with van der Waals surface area (Å²) in [5, 5.41) is 6.97. The van der Waals surface area contributed by atoms with Gasteiger partial charge in [0.1, 0.15) is 12.7 Å². The molecule has 0 spiro atoms. The van der Waals surface area contributed by atoms with Gasteiger partial charge in [-0.05, 0) is 48.4 Å². The molecule has 4 rings (SSSR count). The molecule has 33 heavy (non-hydrogen) atoms. The third-order valence-electron chi connectivity index (χ3n) is 5.38. The lowest BCUT2D eigenvalue weighted by Gasteiger charge is -2.17. The number of hydrogen-bond acceptors (Lipinski definition) is 6. The molecule has 1 fully saturated rings. The number of nitrogens with zero attached hydrogens (tertiary/aromatic N) is 4. The van der Waals surface area contributed by atoms with Crippen LogP contribution >= 0.6 is 0 Å². The molecule has 0 aliphatic carbocycles. The van der Waals surface area contributed by atoms with Gasteiger partial charge in [-0.3, -0.25) is 9.59 Å². The van der Waals surface area contributed by atoms with E-state index in [1.54, 1.807) is 40.2 Å². The van der Waals surface area contributed by atoms with Crippen molar-refractivity contribution in [3.8, 4) is 0 Å². The van der Waals surface area contributed by atoms with E-state index >= 15 is 0 Å². The van der Waals surface area contributed by atoms with E-state index < -0.39 is 5.92 Å². The van der Waals surface area contributed by atoms with Gasteiger partial charge < -0.3 is 15.0 Å². The maximum absolute atomic E-state index is 12.7. The monoisotopic (exact) mass is 447 g/mol. The van der Waals surface area contributed by atoms with E-state index in [9.17, 15) is 14.4 Å². The number of ether oxygens (including phenoxy) is 1. The zero-order valence-electron chi connectivity index (χ0n) is 18.3. The van der Waals surface area contributed by atoms with E-state index in [-0.39, 0.29) is 30.7 Å². The van der Waals surface area contributed by atoms with Gasteiger partial charge in [-0.1, -0.05) is 19.1 Å². The summed E-state index contributed by atoms with van der Waals surface area (Å²) in [6.45, 7) is 3.18. The molecule has 1 aliphatic heterocycles. The largest absolute Gasteiger partial charge is 0.462 e. The van der Waals surface area contributed by atoms with Crippen molar-refractivity contribution < 1.29 is 19.1 Å². The van der Waals surface area contributed by atoms with Gasteiger partial charge in [-0.15, -0.1) is 0 Å². The molecule has 2 aromatic carbocycles. The van der Waals surface area contributed by atoms with Crippen LogP contribution in [0.3, 0.4) is 0 Å². The van der Waals surface area contributed by atoms with Crippen LogP contribution in [0, 0.1) is 5.92 Å². The van der Waals surface area contributed by atoms with Crippen LogP contribution in [0.5, 0.6) is 0 Å². The minimum Gasteiger partial charge on any atom is -0.462 e. The number of esters is 1. The summed E-state index contributed by atoms with van der Waals surface area (Å²) in [4.78, 5) is 42.7. The topological polar surface area (TPSA) is 106 Å². The SMILES string of the molecule is CCCOC(=O)c1ccc(N2CC(C(=O)Nc3ccc(Cn4cncn4)cc3)CC2=O)cc1. The first-order valence-electron chi connectivity index (χ1n) is 10.8. The van der Waals surface area contributed by atoms with Crippen molar-refractivity contribution in [1.29, 1.82) is 0 Å². The van der Waals surface area contributed by atoms with E-state index in [0.29, 0.717) is 30.1 Å². The molecule has 9 nitrogen and oxygen atoms in total. The lowest BCUT2D eigenvalue weighted by Crippen LogP contribution is -2.28. The summed E-state index contributed by atoms with van der Waals surface area (Å²) in [5.41, 5.74) is 2.78. The summed E-state index contributed by atoms with van der Waals surface area (Å²) in [6, 6.07) is 14.2. The molecule has 1 aromatic heterocycles. The maximum atomic E-state index is 12.7. The second-order valence-corrected chi connectivity index (χ2v) is 7.87. The number of hydrogen-bond donors (Lipinski definition) is 1. The summed E-state index contributed by atoms with van der Waals surface area (Å²) >= 11 is 0. The van der Waals surface area contributed by atoms with E-state index in [4.69, 9.17) is 4.74 Å². The first-order valence-corrected chi connectivity index (χ1v) is 10.8. The predicted octanol–water partition coefficient (Wildman–Crippen LogP) is 2.88. The van der Waals surface area contributed by atoms with Gasteiger partial charge >= 0.3 is 5.97 Å². The Balaban J connectivity index is 1.33. The van der Waals surface area contributed by atoms with Crippen molar-refractivity contribution in [2.75, 3.05) is 23.4 Å². The number of nitrogens with one attached hydrogen (secondary N) is 1. The van der Waals surface area contributed by atoms with E-state index in [1.165, 1.54) is 6.33 Å². The number of rotatable bonds is 8. The Kier molecular flexibility index (Phi) is 6.77. The molecule has 3 aromatic rings. The number of amides is 2. The first kappa shape index (κ1) is 22.2. The first-order chi connectivity index (χ1) is 16.0. The molecule has 0 radical (unpaired) electrons. The Labute approximate surface area is 191 Å². The third kappa shape index (κ3) is 5.43. The third-order valence-corrected chi connectivity index (χ3v) is 5.38. The van der Waals surface area contributed by atoms with Crippen molar-refractivity contribution in [2.45, 2.75) is 26.3 Å². The number of carbonyl (C=O) groups is 3. The standard InChI is InChI=1S/C24H25N5O4/c1-2-11-33-24(32)18-5-9-21(10-6-18)29-14-19(12-22(29)30)23(31)27-20-7-3-17(4-8-20)13-28-16-25-15-26-28/h3-10,15-16,19H,2,11-14H2,1H3,(H,27,31). The van der Waals surface area contributed by atoms with Gasteiger partial charge in [0.15, 0.2) is 0 Å². The molecule has 1 unspecified atom stereocenters. The molecule has 1 saturated heterocycles. The lowest BCUT2D eigenvalue weighted by atomic mass is 10.1. The van der Waals surface area contributed by atoms with Gasteiger partial charge in [0.2, 0.25) is 11.8 Å². The highest BCUT2D eigenvalue weighted by atomic mass is 16.5. The van der Waals surface area contributed by atoms with E-state index in [1.807, 2.05) is 31.2 Å². The van der Waals surface area contributed by atoms with Crippen LogP contribution in [0.2, 0.25) is 0 Å². The molecule has 1 aliphatic rings. The second kappa shape index (κ2) is 10.1. The fraction of sp³-hybridized carbons (Fsp3) is 0.292. The highest BCUT2D eigenvalue weighted by molar-refractivity contribution is 6.03. The van der Waals surface area contributed by atoms with Crippen molar-refractivity contribution in [3.63, 3.8) is 0 Å². The summed E-state index contributed by atoms with van der Waals surface area (Å²) in [6.07, 6.45) is 4.01. The molecule has 9 heteroatoms. The Bertz CT molecular complexity index is 1110. The van der Waals surface area contributed by atoms with E-state index in [2.05, 4.69) is 15.4 Å². The number of anilines is 2. The summed E-state index contributed by atoms with van der Waals surface area (Å²) in [5.74, 6) is -1.17. The molecule has 1 atom stereocenters. The Morgan fingerprint density at radius 1 is 1.12 bits per heavy atom. The molecule has 0 bridgehead atoms. The minimum absolute atomic E-state index is 0.125. The van der Waals surface area contributed by atoms with Crippen LogP contribution in [0.1, 0.15) is 35.7 Å². The summed E-state index contributed by atoms with van der Waals surface area (Å²) < 4.78 is 6.84.